The van der Waals surface area contributed by atoms with Crippen molar-refractivity contribution in [2.45, 2.75) is 32.9 Å². The predicted molar refractivity (Wildman–Crippen MR) is 92.3 cm³/mol. The van der Waals surface area contributed by atoms with Crippen LogP contribution in [0.15, 0.2) is 18.6 Å². The van der Waals surface area contributed by atoms with E-state index >= 15 is 0 Å². The van der Waals surface area contributed by atoms with Crippen LogP contribution in [0.2, 0.25) is 0 Å². The number of nitrogens with zero attached hydrogens (tertiary/aromatic N) is 6. The maximum atomic E-state index is 12.2. The van der Waals surface area contributed by atoms with Crippen molar-refractivity contribution in [3.8, 4) is 0 Å². The van der Waals surface area contributed by atoms with Crippen LogP contribution in [-0.4, -0.2) is 48.7 Å². The fourth-order valence-corrected chi connectivity index (χ4v) is 2.54. The van der Waals surface area contributed by atoms with E-state index in [2.05, 4.69) is 9.97 Å². The second-order valence-electron chi connectivity index (χ2n) is 5.74. The minimum absolute atomic E-state index is 0.000448. The number of aromatic amines is 1. The van der Waals surface area contributed by atoms with Gasteiger partial charge in [0.1, 0.15) is 11.6 Å². The van der Waals surface area contributed by atoms with Gasteiger partial charge in [0.05, 0.1) is 25.1 Å². The first-order valence-electron chi connectivity index (χ1n) is 7.94. The number of carbonyl (C=O) groups excluding carboxylic acids is 1. The Morgan fingerprint density at radius 2 is 2.15 bits per heavy atom. The second-order valence-corrected chi connectivity index (χ2v) is 5.74. The largest absolute Gasteiger partial charge is 0.744 e. The monoisotopic (exact) mass is 367 g/mol. The number of aryl methyl sites for hydroxylation is 2. The maximum absolute atomic E-state index is 12.2. The number of aromatic nitrogens is 4. The lowest BCUT2D eigenvalue weighted by Crippen LogP contribution is -2.32. The fourth-order valence-electron chi connectivity index (χ4n) is 2.54. The van der Waals surface area contributed by atoms with Crippen LogP contribution in [0.1, 0.15) is 18.7 Å². The van der Waals surface area contributed by atoms with E-state index in [-0.39, 0.29) is 29.0 Å². The van der Waals surface area contributed by atoms with Crippen LogP contribution in [0, 0.1) is 22.5 Å². The Balaban J connectivity index is 1.84. The minimum atomic E-state index is -0.514. The Labute approximate surface area is 148 Å². The predicted octanol–water partition coefficient (Wildman–Crippen LogP) is -0.279. The van der Waals surface area contributed by atoms with Gasteiger partial charge in [0.15, 0.2) is 0 Å². The summed E-state index contributed by atoms with van der Waals surface area (Å²) in [5.74, 6) is 0.428. The first-order chi connectivity index (χ1) is 12.3. The zero-order valence-electron chi connectivity index (χ0n) is 14.5. The van der Waals surface area contributed by atoms with Crippen molar-refractivity contribution < 1.29 is 10.0 Å². The molecule has 0 spiro atoms. The molecule has 2 N–H and O–H groups in total. The van der Waals surface area contributed by atoms with Gasteiger partial charge in [-0.15, -0.1) is 0 Å². The summed E-state index contributed by atoms with van der Waals surface area (Å²) in [4.78, 5) is 19.7. The van der Waals surface area contributed by atoms with Gasteiger partial charge in [-0.3, -0.25) is 14.9 Å². The minimum Gasteiger partial charge on any atom is -0.744 e. The lowest BCUT2D eigenvalue weighted by molar-refractivity contribution is -0.130. The Morgan fingerprint density at radius 1 is 1.42 bits per heavy atom. The molecule has 2 aromatic heterocycles. The first-order valence-corrected chi connectivity index (χ1v) is 7.94. The van der Waals surface area contributed by atoms with Gasteiger partial charge >= 0.3 is 5.62 Å². The average molecular weight is 367 g/mol. The lowest BCUT2D eigenvalue weighted by Gasteiger charge is -2.24. The number of hydrogen-bond acceptors (Lipinski definition) is 7. The third-order valence-corrected chi connectivity index (χ3v) is 4.02. The second kappa shape index (κ2) is 8.40. The highest BCUT2D eigenvalue weighted by Crippen LogP contribution is 2.14. The molecular weight excluding hydrogens is 346 g/mol. The third-order valence-electron chi connectivity index (χ3n) is 4.02. The normalized spacial score (nSPS) is 10.8. The molecule has 0 atom stereocenters. The topological polar surface area (TPSA) is 155 Å². The zero-order chi connectivity index (χ0) is 19.3. The Kier molecular flexibility index (Phi) is 6.25. The van der Waals surface area contributed by atoms with Crippen LogP contribution in [0.3, 0.4) is 0 Å². The van der Waals surface area contributed by atoms with Gasteiger partial charge in [-0.05, 0) is 13.3 Å². The van der Waals surface area contributed by atoms with E-state index in [0.29, 0.717) is 31.9 Å². The molecule has 26 heavy (non-hydrogen) atoms. The molecule has 2 aromatic rings. The first kappa shape index (κ1) is 19.3. The number of likely N-dealkylation sites (N-methyl/N-ethyl adjacent to an activating group) is 1. The Morgan fingerprint density at radius 3 is 2.81 bits per heavy atom. The van der Waals surface area contributed by atoms with E-state index in [4.69, 9.17) is 5.21 Å². The number of H-pyrrole nitrogens is 1. The summed E-state index contributed by atoms with van der Waals surface area (Å²) in [7, 11) is 1.63. The van der Waals surface area contributed by atoms with Crippen molar-refractivity contribution in [1.82, 2.24) is 28.9 Å². The molecule has 0 unspecified atom stereocenters. The molecule has 0 bridgehead atoms. The van der Waals surface area contributed by atoms with Crippen molar-refractivity contribution in [1.29, 1.82) is 0 Å². The van der Waals surface area contributed by atoms with E-state index in [1.165, 1.54) is 26.4 Å². The standard InChI is InChI=1S/C14H21N7O5/c1-11-16-10-12(20(23)24)19(11)9-8-17(2)13(22)4-3-6-18-7-5-15-14(18)21(25)26/h5,7,10,15,23H,3-4,6,8-9H2,1-2H3/q-2. The average Bonchev–Trinajstić information content (AvgIpc) is 3.19. The summed E-state index contributed by atoms with van der Waals surface area (Å²) in [6.45, 7) is 2.67. The quantitative estimate of drug-likeness (QED) is 0.608. The summed E-state index contributed by atoms with van der Waals surface area (Å²) in [6, 6.07) is 0. The molecule has 12 nitrogen and oxygen atoms in total. The van der Waals surface area contributed by atoms with Crippen LogP contribution in [0.4, 0.5) is 5.82 Å². The summed E-state index contributed by atoms with van der Waals surface area (Å²) in [5, 5.41) is 41.5. The number of anilines is 1. The summed E-state index contributed by atoms with van der Waals surface area (Å²) in [6.07, 6.45) is 4.96. The van der Waals surface area contributed by atoms with Crippen molar-refractivity contribution >= 4 is 11.7 Å². The molecule has 0 saturated carbocycles. The zero-order valence-corrected chi connectivity index (χ0v) is 14.5. The maximum Gasteiger partial charge on any atom is 0.358 e. The van der Waals surface area contributed by atoms with Crippen molar-refractivity contribution in [3.05, 3.63) is 45.7 Å². The van der Waals surface area contributed by atoms with E-state index in [1.54, 1.807) is 20.2 Å². The van der Waals surface area contributed by atoms with E-state index < -0.39 is 4.90 Å². The Hall–Kier alpha value is -2.99. The van der Waals surface area contributed by atoms with Gasteiger partial charge in [0, 0.05) is 26.6 Å². The third kappa shape index (κ3) is 4.55. The lowest BCUT2D eigenvalue weighted by atomic mass is 10.2. The SMILES string of the molecule is Cc1ncc(N([O-])O)n1CCN(C)C(=O)CCCn1cc[nH]c1=[N+]([O-])[O-]. The smallest absolute Gasteiger partial charge is 0.358 e. The molecule has 0 saturated heterocycles. The molecule has 1 amide bonds. The molecule has 0 aliphatic rings. The number of amides is 1. The highest BCUT2D eigenvalue weighted by Gasteiger charge is 2.12. The van der Waals surface area contributed by atoms with Crippen LogP contribution < -0.4 is 15.7 Å². The van der Waals surface area contributed by atoms with Gasteiger partial charge in [0.2, 0.25) is 5.91 Å². The summed E-state index contributed by atoms with van der Waals surface area (Å²) >= 11 is 0. The highest BCUT2D eigenvalue weighted by atomic mass is 16.8. The fraction of sp³-hybridized carbons (Fsp3) is 0.500. The molecule has 0 fully saturated rings. The molecule has 0 aliphatic carbocycles. The van der Waals surface area contributed by atoms with Gasteiger partial charge in [-0.25, -0.2) is 14.5 Å². The number of hydrogen-bond donors (Lipinski definition) is 2. The summed E-state index contributed by atoms with van der Waals surface area (Å²) in [5.41, 5.74) is -0.125. The molecular formula is C14H21N7O5-2. The highest BCUT2D eigenvalue weighted by molar-refractivity contribution is 5.75. The molecule has 12 heteroatoms. The summed E-state index contributed by atoms with van der Waals surface area (Å²) < 4.78 is 2.95. The Bertz CT molecular complexity index is 803. The number of rotatable bonds is 8. The molecule has 144 valence electrons. The molecule has 0 aliphatic heterocycles. The van der Waals surface area contributed by atoms with Gasteiger partial charge in [0.25, 0.3) is 0 Å². The van der Waals surface area contributed by atoms with Crippen LogP contribution in [0.5, 0.6) is 0 Å². The van der Waals surface area contributed by atoms with Gasteiger partial charge < -0.3 is 30.3 Å². The van der Waals surface area contributed by atoms with E-state index in [9.17, 15) is 20.4 Å². The van der Waals surface area contributed by atoms with Gasteiger partial charge in [-0.2, -0.15) is 0 Å². The van der Waals surface area contributed by atoms with Gasteiger partial charge in [-0.1, -0.05) is 0 Å². The van der Waals surface area contributed by atoms with Crippen molar-refractivity contribution in [2.75, 3.05) is 18.8 Å². The molecule has 2 heterocycles. The number of nitrogens with one attached hydrogen (secondary N) is 1. The van der Waals surface area contributed by atoms with Crippen LogP contribution in [-0.2, 0) is 17.9 Å². The van der Waals surface area contributed by atoms with Crippen LogP contribution >= 0.6 is 0 Å². The van der Waals surface area contributed by atoms with Crippen molar-refractivity contribution in [2.24, 2.45) is 0 Å². The molecule has 0 radical (unpaired) electrons. The van der Waals surface area contributed by atoms with Crippen molar-refractivity contribution in [3.63, 3.8) is 0 Å². The van der Waals surface area contributed by atoms with E-state index in [0.717, 1.165) is 0 Å². The molecule has 2 rings (SSSR count). The van der Waals surface area contributed by atoms with Crippen LogP contribution in [0.25, 0.3) is 0 Å². The molecule has 0 aromatic carbocycles. The number of carbonyl (C=O) groups is 1. The number of imidazole rings is 2. The van der Waals surface area contributed by atoms with E-state index in [1.807, 2.05) is 0 Å².